The molecule has 0 radical (unpaired) electrons. The van der Waals surface area contributed by atoms with Gasteiger partial charge in [-0.05, 0) is 18.6 Å². The molecule has 0 aliphatic rings. The van der Waals surface area contributed by atoms with E-state index in [1.54, 1.807) is 18.3 Å². The number of alkyl halides is 1. The summed E-state index contributed by atoms with van der Waals surface area (Å²) in [5.41, 5.74) is 2.39. The molecule has 1 aromatic heterocycles. The zero-order valence-electron chi connectivity index (χ0n) is 9.60. The summed E-state index contributed by atoms with van der Waals surface area (Å²) in [5, 5.41) is 0. The van der Waals surface area contributed by atoms with E-state index in [0.29, 0.717) is 11.4 Å². The first-order valence-electron chi connectivity index (χ1n) is 5.37. The van der Waals surface area contributed by atoms with Gasteiger partial charge in [0.15, 0.2) is 5.82 Å². The molecule has 0 saturated heterocycles. The van der Waals surface area contributed by atoms with Crippen LogP contribution in [0.25, 0.3) is 11.4 Å². The molecular weight excluding hydrogens is 215 g/mol. The lowest BCUT2D eigenvalue weighted by atomic mass is 10.1. The first-order chi connectivity index (χ1) is 8.20. The van der Waals surface area contributed by atoms with Gasteiger partial charge in [-0.3, -0.25) is 0 Å². The van der Waals surface area contributed by atoms with Gasteiger partial charge in [-0.15, -0.1) is 0 Å². The van der Waals surface area contributed by atoms with Crippen LogP contribution in [0.4, 0.5) is 4.39 Å². The molecule has 2 rings (SSSR count). The molecule has 0 aliphatic heterocycles. The van der Waals surface area contributed by atoms with Gasteiger partial charge in [0.2, 0.25) is 0 Å². The molecule has 1 unspecified atom stereocenters. The third-order valence-electron chi connectivity index (χ3n) is 2.49. The van der Waals surface area contributed by atoms with Crippen molar-refractivity contribution < 1.29 is 4.39 Å². The Morgan fingerprint density at radius 2 is 1.94 bits per heavy atom. The molecule has 0 aliphatic carbocycles. The first-order valence-corrected chi connectivity index (χ1v) is 5.37. The van der Waals surface area contributed by atoms with Crippen LogP contribution in [0.15, 0.2) is 49.2 Å². The lowest BCUT2D eigenvalue weighted by Crippen LogP contribution is -1.92. The van der Waals surface area contributed by atoms with Crippen molar-refractivity contribution in [3.8, 4) is 11.4 Å². The Kier molecular flexibility index (Phi) is 3.28. The van der Waals surface area contributed by atoms with Crippen molar-refractivity contribution in [2.24, 2.45) is 0 Å². The van der Waals surface area contributed by atoms with Crippen molar-refractivity contribution in [2.75, 3.05) is 0 Å². The number of aryl methyl sites for hydroxylation is 1. The van der Waals surface area contributed by atoms with Gasteiger partial charge >= 0.3 is 0 Å². The van der Waals surface area contributed by atoms with Crippen LogP contribution < -0.4 is 0 Å². The molecule has 86 valence electrons. The van der Waals surface area contributed by atoms with Crippen LogP contribution in [0.1, 0.15) is 17.4 Å². The fourth-order valence-corrected chi connectivity index (χ4v) is 1.54. The molecule has 3 heteroatoms. The minimum atomic E-state index is -1.12. The van der Waals surface area contributed by atoms with Crippen LogP contribution >= 0.6 is 0 Å². The summed E-state index contributed by atoms with van der Waals surface area (Å²) in [7, 11) is 0. The molecule has 17 heavy (non-hydrogen) atoms. The van der Waals surface area contributed by atoms with E-state index in [0.717, 1.165) is 11.3 Å². The van der Waals surface area contributed by atoms with Gasteiger partial charge in [0.1, 0.15) is 6.17 Å². The molecular formula is C14H13FN2. The monoisotopic (exact) mass is 228 g/mol. The fourth-order valence-electron chi connectivity index (χ4n) is 1.54. The van der Waals surface area contributed by atoms with Crippen LogP contribution in [0.3, 0.4) is 0 Å². The van der Waals surface area contributed by atoms with E-state index in [4.69, 9.17) is 0 Å². The van der Waals surface area contributed by atoms with Crippen LogP contribution in [0.2, 0.25) is 0 Å². The molecule has 0 amide bonds. The SMILES string of the molecule is C=CC(F)c1ccc(-c2nccc(C)n2)cc1. The summed E-state index contributed by atoms with van der Waals surface area (Å²) in [5.74, 6) is 0.658. The molecule has 2 nitrogen and oxygen atoms in total. The smallest absolute Gasteiger partial charge is 0.159 e. The van der Waals surface area contributed by atoms with Gasteiger partial charge in [-0.25, -0.2) is 14.4 Å². The summed E-state index contributed by atoms with van der Waals surface area (Å²) >= 11 is 0. The number of hydrogen-bond donors (Lipinski definition) is 0. The van der Waals surface area contributed by atoms with E-state index in [-0.39, 0.29) is 0 Å². The van der Waals surface area contributed by atoms with Gasteiger partial charge in [0.05, 0.1) is 0 Å². The normalized spacial score (nSPS) is 12.1. The Balaban J connectivity index is 2.32. The highest BCUT2D eigenvalue weighted by Crippen LogP contribution is 2.22. The number of rotatable bonds is 3. The van der Waals surface area contributed by atoms with Gasteiger partial charge in [0, 0.05) is 17.5 Å². The predicted octanol–water partition coefficient (Wildman–Crippen LogP) is 3.65. The largest absolute Gasteiger partial charge is 0.238 e. The van der Waals surface area contributed by atoms with Crippen molar-refractivity contribution in [3.63, 3.8) is 0 Å². The minimum absolute atomic E-state index is 0.594. The van der Waals surface area contributed by atoms with Crippen molar-refractivity contribution >= 4 is 0 Å². The Labute approximate surface area is 99.9 Å². The lowest BCUT2D eigenvalue weighted by Gasteiger charge is -2.05. The summed E-state index contributed by atoms with van der Waals surface area (Å²) < 4.78 is 13.3. The third kappa shape index (κ3) is 2.56. The number of hydrogen-bond acceptors (Lipinski definition) is 2. The maximum absolute atomic E-state index is 13.3. The van der Waals surface area contributed by atoms with Gasteiger partial charge < -0.3 is 0 Å². The predicted molar refractivity (Wildman–Crippen MR) is 66.3 cm³/mol. The van der Waals surface area contributed by atoms with E-state index < -0.39 is 6.17 Å². The number of aromatic nitrogens is 2. The highest BCUT2D eigenvalue weighted by molar-refractivity contribution is 5.55. The van der Waals surface area contributed by atoms with Crippen molar-refractivity contribution in [1.29, 1.82) is 0 Å². The number of allylic oxidation sites excluding steroid dienone is 1. The second kappa shape index (κ2) is 4.87. The molecule has 1 aromatic carbocycles. The summed E-state index contributed by atoms with van der Waals surface area (Å²) in [4.78, 5) is 8.49. The topological polar surface area (TPSA) is 25.8 Å². The number of nitrogens with zero attached hydrogens (tertiary/aromatic N) is 2. The van der Waals surface area contributed by atoms with E-state index in [1.807, 2.05) is 25.1 Å². The Bertz CT molecular complexity index is 520. The Morgan fingerprint density at radius 1 is 1.24 bits per heavy atom. The van der Waals surface area contributed by atoms with E-state index in [2.05, 4.69) is 16.5 Å². The number of halogens is 1. The van der Waals surface area contributed by atoms with Gasteiger partial charge in [0.25, 0.3) is 0 Å². The molecule has 1 heterocycles. The average Bonchev–Trinajstić information content (AvgIpc) is 2.38. The molecule has 0 saturated carbocycles. The lowest BCUT2D eigenvalue weighted by molar-refractivity contribution is 0.415. The molecule has 1 atom stereocenters. The van der Waals surface area contributed by atoms with Crippen molar-refractivity contribution in [2.45, 2.75) is 13.1 Å². The zero-order chi connectivity index (χ0) is 12.3. The molecule has 2 aromatic rings. The van der Waals surface area contributed by atoms with E-state index >= 15 is 0 Å². The molecule has 0 fully saturated rings. The van der Waals surface area contributed by atoms with Crippen molar-refractivity contribution in [3.05, 3.63) is 60.4 Å². The second-order valence-corrected chi connectivity index (χ2v) is 3.78. The minimum Gasteiger partial charge on any atom is -0.238 e. The zero-order valence-corrected chi connectivity index (χ0v) is 9.60. The molecule has 0 N–H and O–H groups in total. The maximum atomic E-state index is 13.3. The summed E-state index contributed by atoms with van der Waals surface area (Å²) in [6, 6.07) is 8.94. The van der Waals surface area contributed by atoms with E-state index in [9.17, 15) is 4.39 Å². The second-order valence-electron chi connectivity index (χ2n) is 3.78. The highest BCUT2D eigenvalue weighted by atomic mass is 19.1. The van der Waals surface area contributed by atoms with Crippen LogP contribution in [-0.4, -0.2) is 9.97 Å². The fraction of sp³-hybridized carbons (Fsp3) is 0.143. The van der Waals surface area contributed by atoms with Gasteiger partial charge in [-0.1, -0.05) is 36.9 Å². The average molecular weight is 228 g/mol. The first kappa shape index (κ1) is 11.5. The van der Waals surface area contributed by atoms with Crippen molar-refractivity contribution in [1.82, 2.24) is 9.97 Å². The number of benzene rings is 1. The van der Waals surface area contributed by atoms with E-state index in [1.165, 1.54) is 6.08 Å². The maximum Gasteiger partial charge on any atom is 0.159 e. The summed E-state index contributed by atoms with van der Waals surface area (Å²) in [6.45, 7) is 5.34. The molecule has 0 spiro atoms. The summed E-state index contributed by atoms with van der Waals surface area (Å²) in [6.07, 6.45) is 1.87. The Morgan fingerprint density at radius 3 is 2.53 bits per heavy atom. The Hall–Kier alpha value is -2.03. The third-order valence-corrected chi connectivity index (χ3v) is 2.49. The van der Waals surface area contributed by atoms with Crippen LogP contribution in [-0.2, 0) is 0 Å². The molecule has 0 bridgehead atoms. The highest BCUT2D eigenvalue weighted by Gasteiger charge is 2.06. The van der Waals surface area contributed by atoms with Gasteiger partial charge in [-0.2, -0.15) is 0 Å². The quantitative estimate of drug-likeness (QED) is 0.749. The van der Waals surface area contributed by atoms with Crippen LogP contribution in [0, 0.1) is 6.92 Å². The van der Waals surface area contributed by atoms with Crippen LogP contribution in [0.5, 0.6) is 0 Å². The standard InChI is InChI=1S/C14H13FN2/c1-3-13(15)11-4-6-12(7-5-11)14-16-9-8-10(2)17-14/h3-9,13H,1H2,2H3.